The molecule has 0 spiro atoms. The highest BCUT2D eigenvalue weighted by atomic mass is 16.4. The maximum absolute atomic E-state index is 11.5. The van der Waals surface area contributed by atoms with Crippen LogP contribution >= 0.6 is 0 Å². The number of carboxylic acid groups (broad SMARTS) is 1. The second-order valence-corrected chi connectivity index (χ2v) is 11.3. The molecule has 0 aromatic rings. The molecule has 3 N–H and O–H groups in total. The van der Waals surface area contributed by atoms with Crippen LogP contribution in [-0.2, 0) is 4.79 Å². The zero-order chi connectivity index (χ0) is 20.3. The molecule has 4 saturated carbocycles. The van der Waals surface area contributed by atoms with Crippen LogP contribution in [0.5, 0.6) is 0 Å². The van der Waals surface area contributed by atoms with E-state index < -0.39 is 5.97 Å². The van der Waals surface area contributed by atoms with E-state index in [-0.39, 0.29) is 29.5 Å². The maximum atomic E-state index is 11.5. The molecule has 0 saturated heterocycles. The zero-order valence-electron chi connectivity index (χ0n) is 17.9. The minimum Gasteiger partial charge on any atom is -0.481 e. The van der Waals surface area contributed by atoms with Crippen molar-refractivity contribution >= 4 is 5.97 Å². The molecule has 0 heterocycles. The molecule has 0 aromatic carbocycles. The Morgan fingerprint density at radius 3 is 2.54 bits per heavy atom. The summed E-state index contributed by atoms with van der Waals surface area (Å²) in [5.74, 6) is 1.66. The molecule has 10 atom stereocenters. The summed E-state index contributed by atoms with van der Waals surface area (Å²) in [5.41, 5.74) is 0.0927. The second kappa shape index (κ2) is 7.27. The first kappa shape index (κ1) is 20.7. The van der Waals surface area contributed by atoms with Crippen molar-refractivity contribution in [3.8, 4) is 0 Å². The summed E-state index contributed by atoms with van der Waals surface area (Å²) in [6.07, 6.45) is 9.32. The van der Waals surface area contributed by atoms with Gasteiger partial charge in [-0.3, -0.25) is 4.79 Å². The summed E-state index contributed by atoms with van der Waals surface area (Å²) in [7, 11) is 0. The summed E-state index contributed by atoms with van der Waals surface area (Å²) in [5, 5.41) is 31.8. The van der Waals surface area contributed by atoms with Gasteiger partial charge in [0.05, 0.1) is 12.2 Å². The topological polar surface area (TPSA) is 77.8 Å². The number of carboxylic acids is 1. The molecule has 0 aromatic heterocycles. The van der Waals surface area contributed by atoms with Crippen molar-refractivity contribution in [3.05, 3.63) is 0 Å². The Kier molecular flexibility index (Phi) is 5.36. The van der Waals surface area contributed by atoms with Crippen LogP contribution in [-0.4, -0.2) is 33.5 Å². The Bertz CT molecular complexity index is 605. The van der Waals surface area contributed by atoms with Crippen molar-refractivity contribution in [1.82, 2.24) is 0 Å². The van der Waals surface area contributed by atoms with Gasteiger partial charge in [0, 0.05) is 6.42 Å². The average Bonchev–Trinajstić information content (AvgIpc) is 3.00. The zero-order valence-corrected chi connectivity index (χ0v) is 17.9. The number of aliphatic carboxylic acids is 1. The fourth-order valence-corrected chi connectivity index (χ4v) is 8.74. The van der Waals surface area contributed by atoms with Gasteiger partial charge in [0.15, 0.2) is 0 Å². The summed E-state index contributed by atoms with van der Waals surface area (Å²) in [6, 6.07) is 0. The third-order valence-corrected chi connectivity index (χ3v) is 10.3. The van der Waals surface area contributed by atoms with E-state index in [9.17, 15) is 15.0 Å². The molecule has 160 valence electrons. The standard InChI is InChI=1S/C24H40O4/c1-14(7-10-21(27)28)16-8-9-17-22-18(13-20(26)24(16,17)3)23(2)11-5-4-6-15(23)12-19(22)25/h14-20,22,25-26H,4-13H2,1-3H3,(H,27,28)/t14-,15+,16-,17?,18?,19-,20+,22?,23+,24-/m1/s1. The highest BCUT2D eigenvalue weighted by Gasteiger charge is 2.65. The molecule has 0 radical (unpaired) electrons. The molecule has 4 rings (SSSR count). The number of carbonyl (C=O) groups is 1. The Morgan fingerprint density at radius 1 is 1.07 bits per heavy atom. The lowest BCUT2D eigenvalue weighted by atomic mass is 9.43. The van der Waals surface area contributed by atoms with E-state index in [2.05, 4.69) is 20.8 Å². The summed E-state index contributed by atoms with van der Waals surface area (Å²) < 4.78 is 0. The minimum atomic E-state index is -0.727. The predicted octanol–water partition coefficient (Wildman–Crippen LogP) is 4.48. The normalized spacial score (nSPS) is 51.7. The van der Waals surface area contributed by atoms with Crippen molar-refractivity contribution in [2.24, 2.45) is 46.3 Å². The number of hydrogen-bond donors (Lipinski definition) is 3. The summed E-state index contributed by atoms with van der Waals surface area (Å²) in [6.45, 7) is 6.89. The quantitative estimate of drug-likeness (QED) is 0.659. The van der Waals surface area contributed by atoms with Gasteiger partial charge in [-0.2, -0.15) is 0 Å². The fourth-order valence-electron chi connectivity index (χ4n) is 8.74. The number of rotatable bonds is 4. The van der Waals surface area contributed by atoms with Crippen LogP contribution in [0, 0.1) is 46.3 Å². The molecule has 4 heteroatoms. The largest absolute Gasteiger partial charge is 0.481 e. The highest BCUT2D eigenvalue weighted by Crippen LogP contribution is 2.68. The Labute approximate surface area is 170 Å². The molecular formula is C24H40O4. The van der Waals surface area contributed by atoms with Gasteiger partial charge in [0.2, 0.25) is 0 Å². The highest BCUT2D eigenvalue weighted by molar-refractivity contribution is 5.66. The second-order valence-electron chi connectivity index (χ2n) is 11.3. The van der Waals surface area contributed by atoms with Crippen molar-refractivity contribution in [2.75, 3.05) is 0 Å². The molecule has 4 fully saturated rings. The van der Waals surface area contributed by atoms with Crippen LogP contribution in [0.3, 0.4) is 0 Å². The lowest BCUT2D eigenvalue weighted by Gasteiger charge is -2.63. The maximum Gasteiger partial charge on any atom is 0.303 e. The molecule has 4 aliphatic carbocycles. The van der Waals surface area contributed by atoms with Gasteiger partial charge in [-0.1, -0.05) is 33.6 Å². The fraction of sp³-hybridized carbons (Fsp3) is 0.958. The van der Waals surface area contributed by atoms with Gasteiger partial charge in [0.1, 0.15) is 0 Å². The lowest BCUT2D eigenvalue weighted by molar-refractivity contribution is -0.201. The van der Waals surface area contributed by atoms with Crippen molar-refractivity contribution in [2.45, 2.75) is 97.2 Å². The van der Waals surface area contributed by atoms with Crippen LogP contribution < -0.4 is 0 Å². The average molecular weight is 393 g/mol. The van der Waals surface area contributed by atoms with Crippen LogP contribution in [0.4, 0.5) is 0 Å². The number of hydrogen-bond acceptors (Lipinski definition) is 3. The molecule has 28 heavy (non-hydrogen) atoms. The van der Waals surface area contributed by atoms with Gasteiger partial charge >= 0.3 is 5.97 Å². The Balaban J connectivity index is 1.61. The molecule has 3 unspecified atom stereocenters. The van der Waals surface area contributed by atoms with E-state index in [0.717, 1.165) is 25.7 Å². The summed E-state index contributed by atoms with van der Waals surface area (Å²) >= 11 is 0. The van der Waals surface area contributed by atoms with E-state index in [1.54, 1.807) is 0 Å². The Hall–Kier alpha value is -0.610. The van der Waals surface area contributed by atoms with Gasteiger partial charge in [-0.15, -0.1) is 0 Å². The van der Waals surface area contributed by atoms with Crippen LogP contribution in [0.1, 0.15) is 85.0 Å². The third-order valence-electron chi connectivity index (χ3n) is 10.3. The first-order chi connectivity index (χ1) is 13.2. The molecule has 0 aliphatic heterocycles. The molecule has 4 nitrogen and oxygen atoms in total. The third kappa shape index (κ3) is 2.96. The monoisotopic (exact) mass is 392 g/mol. The molecular weight excluding hydrogens is 352 g/mol. The molecule has 0 amide bonds. The number of aliphatic hydroxyl groups excluding tert-OH is 2. The van der Waals surface area contributed by atoms with E-state index in [0.29, 0.717) is 41.9 Å². The SMILES string of the molecule is C[C@H](CCC(=O)O)[C@H]1CCC2C3C(C[C@H](O)[C@@]21C)[C@@]1(C)CCCC[C@H]1C[C@H]3O. The number of fused-ring (bicyclic) bond motifs is 5. The van der Waals surface area contributed by atoms with E-state index in [1.165, 1.54) is 25.7 Å². The van der Waals surface area contributed by atoms with Crippen LogP contribution in [0.25, 0.3) is 0 Å². The van der Waals surface area contributed by atoms with Crippen molar-refractivity contribution in [1.29, 1.82) is 0 Å². The van der Waals surface area contributed by atoms with Crippen LogP contribution in [0.2, 0.25) is 0 Å². The lowest BCUT2D eigenvalue weighted by Crippen LogP contribution is -2.61. The van der Waals surface area contributed by atoms with E-state index in [1.807, 2.05) is 0 Å². The van der Waals surface area contributed by atoms with E-state index >= 15 is 0 Å². The van der Waals surface area contributed by atoms with E-state index in [4.69, 9.17) is 5.11 Å². The smallest absolute Gasteiger partial charge is 0.303 e. The predicted molar refractivity (Wildman–Crippen MR) is 109 cm³/mol. The molecule has 0 bridgehead atoms. The van der Waals surface area contributed by atoms with Gasteiger partial charge in [0.25, 0.3) is 0 Å². The summed E-state index contributed by atoms with van der Waals surface area (Å²) in [4.78, 5) is 11.1. The Morgan fingerprint density at radius 2 is 1.82 bits per heavy atom. The van der Waals surface area contributed by atoms with Crippen molar-refractivity contribution in [3.63, 3.8) is 0 Å². The first-order valence-corrected chi connectivity index (χ1v) is 11.8. The minimum absolute atomic E-state index is 0.183. The first-order valence-electron chi connectivity index (χ1n) is 11.8. The van der Waals surface area contributed by atoms with Crippen LogP contribution in [0.15, 0.2) is 0 Å². The van der Waals surface area contributed by atoms with Gasteiger partial charge in [-0.25, -0.2) is 0 Å². The number of aliphatic hydroxyl groups is 2. The van der Waals surface area contributed by atoms with Gasteiger partial charge in [-0.05, 0) is 91.3 Å². The van der Waals surface area contributed by atoms with Gasteiger partial charge < -0.3 is 15.3 Å². The molecule has 4 aliphatic rings. The van der Waals surface area contributed by atoms with Crippen molar-refractivity contribution < 1.29 is 20.1 Å².